The van der Waals surface area contributed by atoms with E-state index in [0.29, 0.717) is 24.2 Å². The van der Waals surface area contributed by atoms with Crippen molar-refractivity contribution in [2.75, 3.05) is 0 Å². The number of carbonyl (C=O) groups excluding carboxylic acids is 1. The van der Waals surface area contributed by atoms with E-state index in [1.165, 1.54) is 19.3 Å². The van der Waals surface area contributed by atoms with Gasteiger partial charge < -0.3 is 10.2 Å². The highest BCUT2D eigenvalue weighted by molar-refractivity contribution is 5.95. The van der Waals surface area contributed by atoms with Gasteiger partial charge in [-0.15, -0.1) is 0 Å². The molecule has 0 unspecified atom stereocenters. The van der Waals surface area contributed by atoms with Crippen LogP contribution in [0.5, 0.6) is 0 Å². The normalized spacial score (nSPS) is 52.2. The molecule has 5 rings (SSSR count). The number of aliphatic hydroxyl groups is 2. The number of Topliss-reactive ketones (excluding diaryl/α,β-unsaturated/α-hetero) is 1. The molecule has 5 aliphatic carbocycles. The number of aliphatic hydroxyl groups excluding tert-OH is 2. The molecule has 8 atom stereocenters. The van der Waals surface area contributed by atoms with Crippen molar-refractivity contribution in [3.05, 3.63) is 23.5 Å². The summed E-state index contributed by atoms with van der Waals surface area (Å²) in [5.74, 6) is 1.78. The van der Waals surface area contributed by atoms with Crippen LogP contribution in [-0.2, 0) is 4.79 Å². The van der Waals surface area contributed by atoms with Gasteiger partial charge in [-0.3, -0.25) is 4.79 Å². The van der Waals surface area contributed by atoms with Gasteiger partial charge in [0.2, 0.25) is 0 Å². The SMILES string of the molecule is CC1(C)[C@H](O)CC[C@]2(C)[C@H]3CC[C@@]4(C)[C@H]([C@@H]5C=C(O)C(=O)C5)CC[C@]4(C)C3=CC[C@@H]12. The van der Waals surface area contributed by atoms with Crippen LogP contribution in [0.1, 0.15) is 86.0 Å². The molecule has 3 fully saturated rings. The van der Waals surface area contributed by atoms with Crippen LogP contribution in [-0.4, -0.2) is 22.1 Å². The average molecular weight is 413 g/mol. The van der Waals surface area contributed by atoms with Crippen molar-refractivity contribution in [3.63, 3.8) is 0 Å². The Kier molecular flexibility index (Phi) is 4.33. The first kappa shape index (κ1) is 20.8. The third-order valence-electron chi connectivity index (χ3n) is 11.5. The molecule has 30 heavy (non-hydrogen) atoms. The predicted molar refractivity (Wildman–Crippen MR) is 119 cm³/mol. The Morgan fingerprint density at radius 2 is 1.73 bits per heavy atom. The predicted octanol–water partition coefficient (Wildman–Crippen LogP) is 5.98. The molecule has 0 spiro atoms. The minimum Gasteiger partial charge on any atom is -0.505 e. The molecule has 0 heterocycles. The second kappa shape index (κ2) is 6.24. The lowest BCUT2D eigenvalue weighted by Crippen LogP contribution is -2.58. The zero-order valence-corrected chi connectivity index (χ0v) is 19.5. The van der Waals surface area contributed by atoms with Gasteiger partial charge in [-0.05, 0) is 96.4 Å². The molecule has 5 aliphatic rings. The third-order valence-corrected chi connectivity index (χ3v) is 11.5. The quantitative estimate of drug-likeness (QED) is 0.521. The standard InChI is InChI=1S/C27H40O3/c1-24(2)22-7-6-19-18(25(22,3)11-10-23(24)30)9-13-26(4)17(8-12-27(19,26)5)16-14-20(28)21(29)15-16/h6,14,16-18,22-23,28,30H,7-13,15H2,1-5H3/t16-,17+,18+,22+,23-,25-,26+,27-/m1/s1. The number of hydrogen-bond donors (Lipinski definition) is 2. The molecule has 0 saturated heterocycles. The fourth-order valence-corrected chi connectivity index (χ4v) is 9.36. The van der Waals surface area contributed by atoms with Crippen LogP contribution in [0.2, 0.25) is 0 Å². The molecule has 0 aromatic carbocycles. The van der Waals surface area contributed by atoms with E-state index in [2.05, 4.69) is 40.7 Å². The van der Waals surface area contributed by atoms with E-state index in [4.69, 9.17) is 0 Å². The maximum absolute atomic E-state index is 12.1. The molecular weight excluding hydrogens is 372 g/mol. The summed E-state index contributed by atoms with van der Waals surface area (Å²) in [7, 11) is 0. The topological polar surface area (TPSA) is 57.5 Å². The number of hydrogen-bond acceptors (Lipinski definition) is 3. The maximum Gasteiger partial charge on any atom is 0.197 e. The van der Waals surface area contributed by atoms with Gasteiger partial charge in [0.1, 0.15) is 0 Å². The monoisotopic (exact) mass is 412 g/mol. The molecule has 0 radical (unpaired) electrons. The van der Waals surface area contributed by atoms with Gasteiger partial charge in [0.25, 0.3) is 0 Å². The van der Waals surface area contributed by atoms with Crippen LogP contribution < -0.4 is 0 Å². The van der Waals surface area contributed by atoms with E-state index < -0.39 is 0 Å². The fraction of sp³-hybridized carbons (Fsp3) is 0.815. The summed E-state index contributed by atoms with van der Waals surface area (Å²) in [5, 5.41) is 20.7. The van der Waals surface area contributed by atoms with Crippen molar-refractivity contribution in [1.29, 1.82) is 0 Å². The van der Waals surface area contributed by atoms with E-state index in [1.54, 1.807) is 5.57 Å². The summed E-state index contributed by atoms with van der Waals surface area (Å²) in [5.41, 5.74) is 2.32. The molecule has 3 heteroatoms. The van der Waals surface area contributed by atoms with Crippen LogP contribution in [0.15, 0.2) is 23.5 Å². The highest BCUT2D eigenvalue weighted by Gasteiger charge is 2.65. The van der Waals surface area contributed by atoms with Crippen molar-refractivity contribution < 1.29 is 15.0 Å². The van der Waals surface area contributed by atoms with Gasteiger partial charge in [-0.1, -0.05) is 46.3 Å². The Morgan fingerprint density at radius 1 is 1.00 bits per heavy atom. The average Bonchev–Trinajstić information content (AvgIpc) is 3.15. The van der Waals surface area contributed by atoms with Gasteiger partial charge in [-0.2, -0.15) is 0 Å². The van der Waals surface area contributed by atoms with Gasteiger partial charge in [0.15, 0.2) is 11.5 Å². The van der Waals surface area contributed by atoms with E-state index in [-0.39, 0.29) is 45.2 Å². The Morgan fingerprint density at radius 3 is 2.40 bits per heavy atom. The lowest BCUT2D eigenvalue weighted by atomic mass is 9.41. The first-order chi connectivity index (χ1) is 13.9. The van der Waals surface area contributed by atoms with E-state index >= 15 is 0 Å². The molecule has 3 saturated carbocycles. The summed E-state index contributed by atoms with van der Waals surface area (Å²) < 4.78 is 0. The number of fused-ring (bicyclic) bond motifs is 5. The maximum atomic E-state index is 12.1. The summed E-state index contributed by atoms with van der Waals surface area (Å²) in [6.07, 6.45) is 12.7. The largest absolute Gasteiger partial charge is 0.505 e. The highest BCUT2D eigenvalue weighted by Crippen LogP contribution is 2.73. The van der Waals surface area contributed by atoms with Crippen molar-refractivity contribution in [2.24, 2.45) is 45.3 Å². The van der Waals surface area contributed by atoms with Crippen LogP contribution in [0.4, 0.5) is 0 Å². The second-order valence-electron chi connectivity index (χ2n) is 12.7. The molecule has 2 N–H and O–H groups in total. The van der Waals surface area contributed by atoms with Crippen molar-refractivity contribution >= 4 is 5.78 Å². The highest BCUT2D eigenvalue weighted by atomic mass is 16.3. The van der Waals surface area contributed by atoms with E-state index in [9.17, 15) is 15.0 Å². The molecule has 166 valence electrons. The number of carbonyl (C=O) groups is 1. The summed E-state index contributed by atoms with van der Waals surface area (Å²) in [4.78, 5) is 12.1. The minimum atomic E-state index is -0.190. The Labute approximate surface area is 182 Å². The molecule has 0 bridgehead atoms. The first-order valence-electron chi connectivity index (χ1n) is 12.3. The second-order valence-corrected chi connectivity index (χ2v) is 12.7. The van der Waals surface area contributed by atoms with Crippen LogP contribution in [0.3, 0.4) is 0 Å². The van der Waals surface area contributed by atoms with E-state index in [1.807, 2.05) is 6.08 Å². The van der Waals surface area contributed by atoms with E-state index in [0.717, 1.165) is 25.7 Å². The van der Waals surface area contributed by atoms with Crippen molar-refractivity contribution in [2.45, 2.75) is 92.1 Å². The Hall–Kier alpha value is -1.09. The zero-order valence-electron chi connectivity index (χ0n) is 19.5. The summed E-state index contributed by atoms with van der Waals surface area (Å²) in [6.45, 7) is 12.1. The smallest absolute Gasteiger partial charge is 0.197 e. The Bertz CT molecular complexity index is 837. The number of allylic oxidation sites excluding steroid dienone is 4. The van der Waals surface area contributed by atoms with Gasteiger partial charge >= 0.3 is 0 Å². The number of rotatable bonds is 1. The minimum absolute atomic E-state index is 0.00104. The molecule has 0 aliphatic heterocycles. The molecule has 3 nitrogen and oxygen atoms in total. The zero-order chi connectivity index (χ0) is 21.7. The van der Waals surface area contributed by atoms with Crippen LogP contribution in [0.25, 0.3) is 0 Å². The molecule has 0 aromatic heterocycles. The Balaban J connectivity index is 1.52. The van der Waals surface area contributed by atoms with Gasteiger partial charge in [-0.25, -0.2) is 0 Å². The van der Waals surface area contributed by atoms with Crippen LogP contribution >= 0.6 is 0 Å². The van der Waals surface area contributed by atoms with Gasteiger partial charge in [0.05, 0.1) is 6.10 Å². The fourth-order valence-electron chi connectivity index (χ4n) is 9.36. The van der Waals surface area contributed by atoms with Gasteiger partial charge in [0, 0.05) is 6.42 Å². The molecule has 0 aromatic rings. The van der Waals surface area contributed by atoms with Crippen LogP contribution in [0, 0.1) is 45.3 Å². The lowest BCUT2D eigenvalue weighted by Gasteiger charge is -2.64. The lowest BCUT2D eigenvalue weighted by molar-refractivity contribution is -0.131. The third kappa shape index (κ3) is 2.39. The molecule has 0 amide bonds. The van der Waals surface area contributed by atoms with Crippen molar-refractivity contribution in [1.82, 2.24) is 0 Å². The summed E-state index contributed by atoms with van der Waals surface area (Å²) in [6, 6.07) is 0. The first-order valence-corrected chi connectivity index (χ1v) is 12.3. The summed E-state index contributed by atoms with van der Waals surface area (Å²) >= 11 is 0. The molecular formula is C27H40O3. The van der Waals surface area contributed by atoms with Crippen molar-refractivity contribution in [3.8, 4) is 0 Å². The number of ketones is 1.